The Kier molecular flexibility index (Phi) is 3.11. The van der Waals surface area contributed by atoms with E-state index in [1.54, 1.807) is 12.5 Å². The van der Waals surface area contributed by atoms with Gasteiger partial charge in [0, 0.05) is 24.9 Å². The number of H-pyrrole nitrogens is 1. The molecule has 1 aliphatic carbocycles. The minimum atomic E-state index is -0.895. The van der Waals surface area contributed by atoms with Crippen LogP contribution in [0.2, 0.25) is 0 Å². The number of aromatic nitrogens is 2. The van der Waals surface area contributed by atoms with Crippen molar-refractivity contribution >= 4 is 11.9 Å². The molecule has 2 rings (SSSR count). The Bertz CT molecular complexity index is 453. The van der Waals surface area contributed by atoms with Crippen LogP contribution in [0.25, 0.3) is 0 Å². The van der Waals surface area contributed by atoms with Crippen molar-refractivity contribution in [2.24, 2.45) is 17.3 Å². The predicted octanol–water partition coefficient (Wildman–Crippen LogP) is 0.425. The van der Waals surface area contributed by atoms with Crippen molar-refractivity contribution in [1.29, 1.82) is 0 Å². The Labute approximate surface area is 105 Å². The molecule has 0 saturated heterocycles. The molecule has 1 heterocycles. The summed E-state index contributed by atoms with van der Waals surface area (Å²) in [6.45, 7) is 4.11. The zero-order valence-corrected chi connectivity index (χ0v) is 10.4. The maximum Gasteiger partial charge on any atom is 0.307 e. The molecule has 1 saturated carbocycles. The number of carboxylic acids is 1. The van der Waals surface area contributed by atoms with Crippen LogP contribution in [0.15, 0.2) is 12.5 Å². The maximum atomic E-state index is 11.9. The van der Waals surface area contributed by atoms with Crippen LogP contribution in [0.1, 0.15) is 19.5 Å². The molecule has 2 atom stereocenters. The summed E-state index contributed by atoms with van der Waals surface area (Å²) in [6.07, 6.45) is 3.95. The van der Waals surface area contributed by atoms with Crippen LogP contribution in [-0.4, -0.2) is 33.5 Å². The number of hydrogen-bond donors (Lipinski definition) is 3. The number of nitrogens with zero attached hydrogens (tertiary/aromatic N) is 1. The van der Waals surface area contributed by atoms with Gasteiger partial charge >= 0.3 is 5.97 Å². The lowest BCUT2D eigenvalue weighted by atomic mass is 10.1. The zero-order chi connectivity index (χ0) is 13.3. The van der Waals surface area contributed by atoms with Crippen molar-refractivity contribution in [2.45, 2.75) is 20.3 Å². The average molecular weight is 251 g/mol. The molecule has 0 radical (unpaired) electrons. The largest absolute Gasteiger partial charge is 0.481 e. The summed E-state index contributed by atoms with van der Waals surface area (Å²) >= 11 is 0. The standard InChI is InChI=1S/C12H17N3O3/c1-12(2)8(9(12)11(17)18)10(16)14-4-3-7-5-13-6-15-7/h5-6,8-9H,3-4H2,1-2H3,(H,13,15)(H,14,16)(H,17,18)/t8-,9+/m1/s1. The number of amides is 1. The summed E-state index contributed by atoms with van der Waals surface area (Å²) in [5, 5.41) is 11.8. The molecule has 6 heteroatoms. The number of aromatic amines is 1. The molecule has 6 nitrogen and oxygen atoms in total. The van der Waals surface area contributed by atoms with Crippen LogP contribution in [0.5, 0.6) is 0 Å². The third-order valence-corrected chi connectivity index (χ3v) is 3.62. The van der Waals surface area contributed by atoms with E-state index >= 15 is 0 Å². The maximum absolute atomic E-state index is 11.9. The van der Waals surface area contributed by atoms with Gasteiger partial charge in [0.25, 0.3) is 0 Å². The van der Waals surface area contributed by atoms with Crippen molar-refractivity contribution in [3.8, 4) is 0 Å². The van der Waals surface area contributed by atoms with Crippen molar-refractivity contribution in [3.63, 3.8) is 0 Å². The first-order chi connectivity index (χ1) is 8.44. The molecular weight excluding hydrogens is 234 g/mol. The van der Waals surface area contributed by atoms with Gasteiger partial charge in [0.05, 0.1) is 18.2 Å². The number of hydrogen-bond acceptors (Lipinski definition) is 3. The van der Waals surface area contributed by atoms with Crippen LogP contribution < -0.4 is 5.32 Å². The summed E-state index contributed by atoms with van der Waals surface area (Å²) in [5.74, 6) is -2.05. The Hall–Kier alpha value is -1.85. The quantitative estimate of drug-likeness (QED) is 0.707. The minimum Gasteiger partial charge on any atom is -0.481 e. The summed E-state index contributed by atoms with van der Waals surface area (Å²) in [4.78, 5) is 29.6. The second kappa shape index (κ2) is 4.44. The number of aliphatic carboxylic acids is 1. The van der Waals surface area contributed by atoms with E-state index in [9.17, 15) is 9.59 Å². The number of imidazole rings is 1. The summed E-state index contributed by atoms with van der Waals surface area (Å²) < 4.78 is 0. The van der Waals surface area contributed by atoms with Gasteiger partial charge in [0.2, 0.25) is 5.91 Å². The second-order valence-electron chi connectivity index (χ2n) is 5.23. The molecule has 0 spiro atoms. The van der Waals surface area contributed by atoms with E-state index < -0.39 is 23.2 Å². The average Bonchev–Trinajstić information content (AvgIpc) is 2.65. The first kappa shape index (κ1) is 12.6. The van der Waals surface area contributed by atoms with Crippen LogP contribution in [0, 0.1) is 17.3 Å². The van der Waals surface area contributed by atoms with Crippen molar-refractivity contribution < 1.29 is 14.7 Å². The number of nitrogens with one attached hydrogen (secondary N) is 2. The Balaban J connectivity index is 1.81. The first-order valence-electron chi connectivity index (χ1n) is 5.92. The number of carbonyl (C=O) groups excluding carboxylic acids is 1. The highest BCUT2D eigenvalue weighted by molar-refractivity contribution is 5.91. The number of rotatable bonds is 5. The molecule has 0 aliphatic heterocycles. The second-order valence-corrected chi connectivity index (χ2v) is 5.23. The van der Waals surface area contributed by atoms with Crippen LogP contribution >= 0.6 is 0 Å². The third kappa shape index (κ3) is 2.23. The van der Waals surface area contributed by atoms with Gasteiger partial charge in [-0.1, -0.05) is 13.8 Å². The predicted molar refractivity (Wildman–Crippen MR) is 63.7 cm³/mol. The normalized spacial score (nSPS) is 24.6. The number of carbonyl (C=O) groups is 2. The fourth-order valence-electron chi connectivity index (χ4n) is 2.44. The van der Waals surface area contributed by atoms with Crippen LogP contribution in [0.4, 0.5) is 0 Å². The lowest BCUT2D eigenvalue weighted by Crippen LogP contribution is -2.29. The molecule has 1 aromatic heterocycles. The van der Waals surface area contributed by atoms with E-state index in [0.29, 0.717) is 13.0 Å². The molecule has 1 amide bonds. The molecular formula is C12H17N3O3. The topological polar surface area (TPSA) is 95.1 Å². The Morgan fingerprint density at radius 3 is 2.72 bits per heavy atom. The highest BCUT2D eigenvalue weighted by Gasteiger charge is 2.65. The third-order valence-electron chi connectivity index (χ3n) is 3.62. The first-order valence-corrected chi connectivity index (χ1v) is 5.92. The van der Waals surface area contributed by atoms with E-state index in [-0.39, 0.29) is 5.91 Å². The summed E-state index contributed by atoms with van der Waals surface area (Å²) in [5.41, 5.74) is 0.504. The highest BCUT2D eigenvalue weighted by Crippen LogP contribution is 2.58. The van der Waals surface area contributed by atoms with Gasteiger partial charge in [-0.05, 0) is 5.41 Å². The van der Waals surface area contributed by atoms with Crippen molar-refractivity contribution in [1.82, 2.24) is 15.3 Å². The molecule has 0 bridgehead atoms. The molecule has 3 N–H and O–H groups in total. The van der Waals surface area contributed by atoms with Crippen LogP contribution in [0.3, 0.4) is 0 Å². The van der Waals surface area contributed by atoms with Gasteiger partial charge in [0.15, 0.2) is 0 Å². The fourth-order valence-corrected chi connectivity index (χ4v) is 2.44. The van der Waals surface area contributed by atoms with E-state index in [1.807, 2.05) is 13.8 Å². The number of carboxylic acid groups (broad SMARTS) is 1. The fraction of sp³-hybridized carbons (Fsp3) is 0.583. The van der Waals surface area contributed by atoms with Crippen molar-refractivity contribution in [2.75, 3.05) is 6.54 Å². The Morgan fingerprint density at radius 1 is 1.50 bits per heavy atom. The monoisotopic (exact) mass is 251 g/mol. The lowest BCUT2D eigenvalue weighted by Gasteiger charge is -2.04. The van der Waals surface area contributed by atoms with Crippen LogP contribution in [-0.2, 0) is 16.0 Å². The minimum absolute atomic E-state index is 0.174. The molecule has 0 aromatic carbocycles. The van der Waals surface area contributed by atoms with E-state index in [4.69, 9.17) is 5.11 Å². The van der Waals surface area contributed by atoms with E-state index in [0.717, 1.165) is 5.69 Å². The molecule has 98 valence electrons. The highest BCUT2D eigenvalue weighted by atomic mass is 16.4. The smallest absolute Gasteiger partial charge is 0.307 e. The van der Waals surface area contributed by atoms with Gasteiger partial charge in [-0.2, -0.15) is 0 Å². The lowest BCUT2D eigenvalue weighted by molar-refractivity contribution is -0.140. The van der Waals surface area contributed by atoms with Gasteiger partial charge in [-0.25, -0.2) is 4.98 Å². The van der Waals surface area contributed by atoms with Gasteiger partial charge in [-0.15, -0.1) is 0 Å². The molecule has 0 unspecified atom stereocenters. The molecule has 1 aliphatic rings. The van der Waals surface area contributed by atoms with Gasteiger partial charge in [-0.3, -0.25) is 9.59 Å². The Morgan fingerprint density at radius 2 is 2.22 bits per heavy atom. The zero-order valence-electron chi connectivity index (χ0n) is 10.4. The SMILES string of the molecule is CC1(C)[C@H](C(=O)O)[C@@H]1C(=O)NCCc1cnc[nH]1. The van der Waals surface area contributed by atoms with Crippen molar-refractivity contribution in [3.05, 3.63) is 18.2 Å². The molecule has 18 heavy (non-hydrogen) atoms. The molecule has 1 fully saturated rings. The summed E-state index contributed by atoms with van der Waals surface area (Å²) in [6, 6.07) is 0. The van der Waals surface area contributed by atoms with E-state index in [1.165, 1.54) is 0 Å². The molecule has 1 aromatic rings. The summed E-state index contributed by atoms with van der Waals surface area (Å²) in [7, 11) is 0. The van der Waals surface area contributed by atoms with E-state index in [2.05, 4.69) is 15.3 Å². The van der Waals surface area contributed by atoms with Gasteiger partial charge in [0.1, 0.15) is 0 Å². The van der Waals surface area contributed by atoms with Gasteiger partial charge < -0.3 is 15.4 Å².